The fourth-order valence-corrected chi connectivity index (χ4v) is 2.86. The number of carbonyl (C=O) groups is 2. The van der Waals surface area contributed by atoms with E-state index in [9.17, 15) is 18.4 Å². The topological polar surface area (TPSA) is 75.6 Å². The van der Waals surface area contributed by atoms with Crippen LogP contribution in [-0.2, 0) is 16.2 Å². The molecule has 0 spiro atoms. The van der Waals surface area contributed by atoms with Crippen molar-refractivity contribution in [1.82, 2.24) is 0 Å². The normalized spacial score (nSPS) is 13.0. The van der Waals surface area contributed by atoms with Crippen LogP contribution in [0, 0.1) is 11.6 Å². The molecule has 0 saturated carbocycles. The van der Waals surface area contributed by atoms with E-state index in [4.69, 9.17) is 21.4 Å². The van der Waals surface area contributed by atoms with Gasteiger partial charge in [-0.05, 0) is 30.7 Å². The molecule has 0 aliphatic heterocycles. The fourth-order valence-electron chi connectivity index (χ4n) is 2.65. The van der Waals surface area contributed by atoms with E-state index >= 15 is 0 Å². The van der Waals surface area contributed by atoms with Gasteiger partial charge in [-0.15, -0.1) is 0 Å². The van der Waals surface area contributed by atoms with Crippen LogP contribution in [-0.4, -0.2) is 17.0 Å². The van der Waals surface area contributed by atoms with Gasteiger partial charge in [-0.2, -0.15) is 0 Å². The van der Waals surface area contributed by atoms with Gasteiger partial charge < -0.3 is 15.2 Å². The van der Waals surface area contributed by atoms with Crippen LogP contribution < -0.4 is 10.1 Å². The van der Waals surface area contributed by atoms with E-state index in [-0.39, 0.29) is 39.8 Å². The van der Waals surface area contributed by atoms with Crippen molar-refractivity contribution in [2.75, 3.05) is 5.32 Å². The van der Waals surface area contributed by atoms with E-state index < -0.39 is 23.5 Å². The van der Waals surface area contributed by atoms with Crippen LogP contribution in [0.5, 0.6) is 5.75 Å². The van der Waals surface area contributed by atoms with Crippen LogP contribution >= 0.6 is 11.6 Å². The van der Waals surface area contributed by atoms with Gasteiger partial charge in [-0.3, -0.25) is 4.79 Å². The van der Waals surface area contributed by atoms with Crippen LogP contribution in [0.25, 0.3) is 0 Å². The summed E-state index contributed by atoms with van der Waals surface area (Å²) >= 11 is 5.90. The summed E-state index contributed by atoms with van der Waals surface area (Å²) < 4.78 is 33.3. The number of allylic oxidation sites excluding steroid dienone is 2. The van der Waals surface area contributed by atoms with Gasteiger partial charge in [0.05, 0.1) is 16.2 Å². The van der Waals surface area contributed by atoms with Crippen molar-refractivity contribution in [3.05, 3.63) is 81.9 Å². The number of carboxylic acids is 1. The zero-order valence-corrected chi connectivity index (χ0v) is 15.1. The molecule has 0 heterocycles. The number of ether oxygens (including phenoxy) is 1. The van der Waals surface area contributed by atoms with Crippen molar-refractivity contribution in [3.8, 4) is 5.75 Å². The van der Waals surface area contributed by atoms with Crippen molar-refractivity contribution >= 4 is 29.2 Å². The average molecular weight is 406 g/mol. The Kier molecular flexibility index (Phi) is 5.75. The lowest BCUT2D eigenvalue weighted by Gasteiger charge is -2.11. The highest BCUT2D eigenvalue weighted by atomic mass is 35.5. The van der Waals surface area contributed by atoms with E-state index in [0.29, 0.717) is 6.42 Å². The summed E-state index contributed by atoms with van der Waals surface area (Å²) in [4.78, 5) is 23.3. The molecule has 2 aromatic rings. The summed E-state index contributed by atoms with van der Waals surface area (Å²) in [5, 5.41) is 11.7. The van der Waals surface area contributed by atoms with Crippen molar-refractivity contribution in [3.63, 3.8) is 0 Å². The van der Waals surface area contributed by atoms with Gasteiger partial charge >= 0.3 is 5.97 Å². The lowest BCUT2D eigenvalue weighted by Crippen LogP contribution is -2.18. The number of hydrogen-bond donors (Lipinski definition) is 2. The molecule has 3 rings (SSSR count). The Morgan fingerprint density at radius 1 is 1.11 bits per heavy atom. The molecule has 1 aliphatic carbocycles. The van der Waals surface area contributed by atoms with Gasteiger partial charge in [0.15, 0.2) is 11.6 Å². The Labute approximate surface area is 163 Å². The molecule has 144 valence electrons. The molecule has 0 aromatic heterocycles. The maximum atomic E-state index is 14.3. The lowest BCUT2D eigenvalue weighted by atomic mass is 10.1. The molecule has 1 aliphatic rings. The molecule has 28 heavy (non-hydrogen) atoms. The number of aliphatic carboxylic acids is 1. The molecule has 0 fully saturated rings. The number of hydrogen-bond acceptors (Lipinski definition) is 3. The van der Waals surface area contributed by atoms with Crippen molar-refractivity contribution in [1.29, 1.82) is 0 Å². The Morgan fingerprint density at radius 2 is 1.86 bits per heavy atom. The molecular weight excluding hydrogens is 392 g/mol. The Bertz CT molecular complexity index is 997. The third-order valence-corrected chi connectivity index (χ3v) is 4.39. The highest BCUT2D eigenvalue weighted by molar-refractivity contribution is 6.31. The van der Waals surface area contributed by atoms with Crippen LogP contribution in [0.2, 0.25) is 5.02 Å². The number of amides is 1. The maximum Gasteiger partial charge on any atom is 0.336 e. The first-order chi connectivity index (χ1) is 13.4. The van der Waals surface area contributed by atoms with E-state index in [1.807, 2.05) is 0 Å². The molecule has 5 nitrogen and oxygen atoms in total. The molecule has 0 atom stereocenters. The van der Waals surface area contributed by atoms with E-state index in [0.717, 1.165) is 6.07 Å². The van der Waals surface area contributed by atoms with Gasteiger partial charge in [-0.1, -0.05) is 29.8 Å². The van der Waals surface area contributed by atoms with E-state index in [1.54, 1.807) is 0 Å². The number of carbonyl (C=O) groups excluding carboxylic acids is 1. The minimum absolute atomic E-state index is 0.0161. The number of benzene rings is 2. The molecule has 0 unspecified atom stereocenters. The van der Waals surface area contributed by atoms with Gasteiger partial charge in [0, 0.05) is 17.3 Å². The number of rotatable bonds is 6. The third kappa shape index (κ3) is 4.20. The van der Waals surface area contributed by atoms with E-state index in [1.165, 1.54) is 42.5 Å². The highest BCUT2D eigenvalue weighted by Gasteiger charge is 2.23. The zero-order valence-electron chi connectivity index (χ0n) is 14.3. The largest absolute Gasteiger partial charge is 0.486 e. The predicted molar refractivity (Wildman–Crippen MR) is 99.2 cm³/mol. The van der Waals surface area contributed by atoms with Crippen LogP contribution in [0.1, 0.15) is 12.0 Å². The number of halogens is 3. The summed E-state index contributed by atoms with van der Waals surface area (Å²) in [7, 11) is 0. The minimum atomic E-state index is -1.21. The first-order valence-corrected chi connectivity index (χ1v) is 8.55. The van der Waals surface area contributed by atoms with Crippen molar-refractivity contribution in [2.24, 2.45) is 0 Å². The predicted octanol–water partition coefficient (Wildman–Crippen LogP) is 4.48. The fraction of sp³-hybridized carbons (Fsp3) is 0.100. The third-order valence-electron chi connectivity index (χ3n) is 4.03. The maximum absolute atomic E-state index is 14.3. The number of nitrogens with one attached hydrogen (secondary N) is 1. The first-order valence-electron chi connectivity index (χ1n) is 8.17. The average Bonchev–Trinajstić information content (AvgIpc) is 3.13. The molecule has 2 aromatic carbocycles. The standard InChI is InChI=1S/C20H14ClF2NO4/c21-15-5-2-6-16(22)14(15)10-28-18-8-7-11(9-17(18)23)24-19(25)12-3-1-4-13(12)20(26)27/h2-9H,1,10H2,(H,24,25)(H,26,27). The van der Waals surface area contributed by atoms with Crippen LogP contribution in [0.4, 0.5) is 14.5 Å². The summed E-state index contributed by atoms with van der Waals surface area (Å²) in [6.45, 7) is -0.270. The summed E-state index contributed by atoms with van der Waals surface area (Å²) in [6, 6.07) is 7.85. The van der Waals surface area contributed by atoms with Crippen molar-refractivity contribution in [2.45, 2.75) is 13.0 Å². The monoisotopic (exact) mass is 405 g/mol. The van der Waals surface area contributed by atoms with Crippen LogP contribution in [0.15, 0.2) is 59.7 Å². The summed E-state index contributed by atoms with van der Waals surface area (Å²) in [5.74, 6) is -3.36. The molecule has 0 radical (unpaired) electrons. The van der Waals surface area contributed by atoms with Gasteiger partial charge in [-0.25, -0.2) is 13.6 Å². The molecule has 8 heteroatoms. The Balaban J connectivity index is 1.68. The minimum Gasteiger partial charge on any atom is -0.486 e. The lowest BCUT2D eigenvalue weighted by molar-refractivity contribution is -0.132. The molecule has 0 bridgehead atoms. The number of anilines is 1. The van der Waals surface area contributed by atoms with Gasteiger partial charge in [0.1, 0.15) is 12.4 Å². The Morgan fingerprint density at radius 3 is 2.54 bits per heavy atom. The number of carboxylic acid groups (broad SMARTS) is 1. The van der Waals surface area contributed by atoms with Gasteiger partial charge in [0.25, 0.3) is 5.91 Å². The smallest absolute Gasteiger partial charge is 0.336 e. The summed E-state index contributed by atoms with van der Waals surface area (Å²) in [5.41, 5.74) is 0.139. The second-order valence-electron chi connectivity index (χ2n) is 5.86. The molecular formula is C20H14ClF2NO4. The van der Waals surface area contributed by atoms with E-state index in [2.05, 4.69) is 5.32 Å². The molecule has 1 amide bonds. The second-order valence-corrected chi connectivity index (χ2v) is 6.27. The van der Waals surface area contributed by atoms with Crippen molar-refractivity contribution < 1.29 is 28.2 Å². The molecule has 2 N–H and O–H groups in total. The quantitative estimate of drug-likeness (QED) is 0.743. The molecule has 0 saturated heterocycles. The summed E-state index contributed by atoms with van der Waals surface area (Å²) in [6.07, 6.45) is 3.23. The zero-order chi connectivity index (χ0) is 20.3. The first kappa shape index (κ1) is 19.6. The van der Waals surface area contributed by atoms with Gasteiger partial charge in [0.2, 0.25) is 0 Å². The highest BCUT2D eigenvalue weighted by Crippen LogP contribution is 2.26. The second kappa shape index (κ2) is 8.22. The Hall–Kier alpha value is -3.19. The van der Waals surface area contributed by atoms with Crippen LogP contribution in [0.3, 0.4) is 0 Å². The SMILES string of the molecule is O=C(O)C1=CCC=C1C(=O)Nc1ccc(OCc2c(F)cccc2Cl)c(F)c1.